The number of fused-ring (bicyclic) bond motifs is 7. The van der Waals surface area contributed by atoms with Crippen molar-refractivity contribution in [3.63, 3.8) is 0 Å². The number of hydrogen-bond donors (Lipinski definition) is 0. The minimum atomic E-state index is 0.660. The monoisotopic (exact) mass is 706 g/mol. The number of aromatic nitrogens is 4. The zero-order chi connectivity index (χ0) is 35.6. The highest BCUT2D eigenvalue weighted by Gasteiger charge is 2.18. The van der Waals surface area contributed by atoms with Gasteiger partial charge in [-0.1, -0.05) is 127 Å². The van der Waals surface area contributed by atoms with Crippen LogP contribution in [0.1, 0.15) is 0 Å². The molecule has 252 valence electrons. The van der Waals surface area contributed by atoms with Crippen LogP contribution in [0, 0.1) is 0 Å². The van der Waals surface area contributed by atoms with Gasteiger partial charge in [-0.3, -0.25) is 0 Å². The summed E-state index contributed by atoms with van der Waals surface area (Å²) in [6.07, 6.45) is 0. The number of nitrogens with zero attached hydrogens (tertiary/aromatic N) is 4. The molecule has 0 saturated heterocycles. The standard InChI is InChI=1S/C49H30N4S/c1-3-13-32(14-4-1)47-50-48(36-23-22-31-12-7-8-15-33(31)28-36)52-49(51-47)40-20-11-19-39-42-30-35(25-27-45(42)54-46(39)40)34-24-26-44-41(29-34)38-18-9-10-21-43(38)53(44)37-16-5-2-6-17-37/h1-30H. The quantitative estimate of drug-likeness (QED) is 0.179. The fourth-order valence-corrected chi connectivity index (χ4v) is 9.02. The van der Waals surface area contributed by atoms with E-state index in [9.17, 15) is 0 Å². The van der Waals surface area contributed by atoms with E-state index in [1.54, 1.807) is 11.3 Å². The lowest BCUT2D eigenvalue weighted by Gasteiger charge is -2.10. The molecule has 3 aromatic heterocycles. The van der Waals surface area contributed by atoms with Gasteiger partial charge >= 0.3 is 0 Å². The molecular weight excluding hydrogens is 677 g/mol. The maximum atomic E-state index is 5.15. The Hall–Kier alpha value is -6.95. The molecule has 5 heteroatoms. The lowest BCUT2D eigenvalue weighted by molar-refractivity contribution is 1.08. The molecule has 0 atom stereocenters. The van der Waals surface area contributed by atoms with E-state index in [1.807, 2.05) is 18.2 Å². The van der Waals surface area contributed by atoms with Gasteiger partial charge in [-0.2, -0.15) is 0 Å². The second kappa shape index (κ2) is 12.3. The maximum absolute atomic E-state index is 5.15. The maximum Gasteiger partial charge on any atom is 0.165 e. The Balaban J connectivity index is 1.06. The molecule has 0 bridgehead atoms. The number of hydrogen-bond acceptors (Lipinski definition) is 4. The average Bonchev–Trinajstić information content (AvgIpc) is 3.79. The van der Waals surface area contributed by atoms with Crippen molar-refractivity contribution >= 4 is 64.1 Å². The van der Waals surface area contributed by atoms with Crippen molar-refractivity contribution in [3.8, 4) is 51.0 Å². The fourth-order valence-electron chi connectivity index (χ4n) is 7.83. The highest BCUT2D eigenvalue weighted by molar-refractivity contribution is 7.26. The van der Waals surface area contributed by atoms with Gasteiger partial charge in [0.25, 0.3) is 0 Å². The van der Waals surface area contributed by atoms with E-state index < -0.39 is 0 Å². The Morgan fingerprint density at radius 1 is 0.370 bits per heavy atom. The molecule has 54 heavy (non-hydrogen) atoms. The van der Waals surface area contributed by atoms with Gasteiger partial charge in [0.05, 0.1) is 11.0 Å². The molecule has 8 aromatic carbocycles. The van der Waals surface area contributed by atoms with E-state index in [-0.39, 0.29) is 0 Å². The van der Waals surface area contributed by atoms with Crippen LogP contribution in [0.15, 0.2) is 182 Å². The summed E-state index contributed by atoms with van der Waals surface area (Å²) in [7, 11) is 0. The van der Waals surface area contributed by atoms with Crippen LogP contribution in [0.25, 0.3) is 104 Å². The Kier molecular flexibility index (Phi) is 7.00. The lowest BCUT2D eigenvalue weighted by atomic mass is 10.00. The van der Waals surface area contributed by atoms with E-state index in [0.717, 1.165) is 27.8 Å². The molecule has 0 fully saturated rings. The minimum Gasteiger partial charge on any atom is -0.309 e. The molecule has 0 saturated carbocycles. The summed E-state index contributed by atoms with van der Waals surface area (Å²) < 4.78 is 4.76. The van der Waals surface area contributed by atoms with E-state index in [4.69, 9.17) is 15.0 Å². The van der Waals surface area contributed by atoms with Gasteiger partial charge < -0.3 is 4.57 Å². The first-order valence-electron chi connectivity index (χ1n) is 18.1. The Labute approximate surface area is 315 Å². The van der Waals surface area contributed by atoms with Crippen LogP contribution >= 0.6 is 11.3 Å². The van der Waals surface area contributed by atoms with Gasteiger partial charge in [-0.15, -0.1) is 11.3 Å². The Morgan fingerprint density at radius 2 is 1.00 bits per heavy atom. The molecule has 0 N–H and O–H groups in total. The highest BCUT2D eigenvalue weighted by Crippen LogP contribution is 2.42. The largest absolute Gasteiger partial charge is 0.309 e. The number of rotatable bonds is 5. The van der Waals surface area contributed by atoms with Crippen LogP contribution in [-0.2, 0) is 0 Å². The molecule has 11 rings (SSSR count). The van der Waals surface area contributed by atoms with Crippen molar-refractivity contribution in [1.29, 1.82) is 0 Å². The number of benzene rings is 8. The second-order valence-electron chi connectivity index (χ2n) is 13.6. The fraction of sp³-hybridized carbons (Fsp3) is 0. The molecule has 11 aromatic rings. The topological polar surface area (TPSA) is 43.6 Å². The molecule has 0 aliphatic rings. The minimum absolute atomic E-state index is 0.660. The lowest BCUT2D eigenvalue weighted by Crippen LogP contribution is -2.00. The van der Waals surface area contributed by atoms with Crippen molar-refractivity contribution in [2.75, 3.05) is 0 Å². The first kappa shape index (κ1) is 30.7. The first-order chi connectivity index (χ1) is 26.7. The highest BCUT2D eigenvalue weighted by atomic mass is 32.1. The van der Waals surface area contributed by atoms with Crippen molar-refractivity contribution in [2.45, 2.75) is 0 Å². The Morgan fingerprint density at radius 3 is 1.85 bits per heavy atom. The summed E-state index contributed by atoms with van der Waals surface area (Å²) in [6.45, 7) is 0. The summed E-state index contributed by atoms with van der Waals surface area (Å²) in [4.78, 5) is 15.3. The molecule has 0 aliphatic heterocycles. The van der Waals surface area contributed by atoms with E-state index in [0.29, 0.717) is 17.5 Å². The molecule has 0 spiro atoms. The van der Waals surface area contributed by atoms with Crippen LogP contribution in [0.3, 0.4) is 0 Å². The normalized spacial score (nSPS) is 11.7. The van der Waals surface area contributed by atoms with Crippen LogP contribution in [0.2, 0.25) is 0 Å². The number of para-hydroxylation sites is 2. The van der Waals surface area contributed by atoms with E-state index >= 15 is 0 Å². The molecular formula is C49H30N4S. The van der Waals surface area contributed by atoms with E-state index in [2.05, 4.69) is 168 Å². The summed E-state index contributed by atoms with van der Waals surface area (Å²) >= 11 is 1.79. The first-order valence-corrected chi connectivity index (χ1v) is 18.9. The zero-order valence-electron chi connectivity index (χ0n) is 29.0. The van der Waals surface area contributed by atoms with Gasteiger partial charge in [0.1, 0.15) is 0 Å². The van der Waals surface area contributed by atoms with Crippen LogP contribution in [0.4, 0.5) is 0 Å². The third kappa shape index (κ3) is 5.01. The van der Waals surface area contributed by atoms with Crippen molar-refractivity contribution in [1.82, 2.24) is 19.5 Å². The van der Waals surface area contributed by atoms with Gasteiger partial charge in [-0.05, 0) is 76.5 Å². The van der Waals surface area contributed by atoms with Crippen LogP contribution in [0.5, 0.6) is 0 Å². The van der Waals surface area contributed by atoms with Gasteiger partial charge in [-0.25, -0.2) is 15.0 Å². The smallest absolute Gasteiger partial charge is 0.165 e. The van der Waals surface area contributed by atoms with Crippen LogP contribution < -0.4 is 0 Å². The third-order valence-corrected chi connectivity index (χ3v) is 11.7. The molecule has 4 nitrogen and oxygen atoms in total. The summed E-state index contributed by atoms with van der Waals surface area (Å²) in [6, 6.07) is 64.5. The summed E-state index contributed by atoms with van der Waals surface area (Å²) in [5.74, 6) is 1.99. The zero-order valence-corrected chi connectivity index (χ0v) is 29.8. The third-order valence-electron chi connectivity index (χ3n) is 10.4. The van der Waals surface area contributed by atoms with Crippen molar-refractivity contribution in [2.24, 2.45) is 0 Å². The SMILES string of the molecule is c1ccc(-c2nc(-c3ccc4ccccc4c3)nc(-c3cccc4c3sc3ccc(-c5ccc6c(c5)c5ccccc5n6-c5ccccc5)cc34)n2)cc1. The molecule has 0 radical (unpaired) electrons. The molecule has 0 unspecified atom stereocenters. The van der Waals surface area contributed by atoms with Gasteiger partial charge in [0, 0.05) is 53.3 Å². The Bertz CT molecular complexity index is 3220. The summed E-state index contributed by atoms with van der Waals surface area (Å²) in [5, 5.41) is 7.27. The summed E-state index contributed by atoms with van der Waals surface area (Å²) in [5.41, 5.74) is 8.89. The van der Waals surface area contributed by atoms with Gasteiger partial charge in [0.15, 0.2) is 17.5 Å². The molecule has 0 amide bonds. The molecule has 0 aliphatic carbocycles. The second-order valence-corrected chi connectivity index (χ2v) is 14.7. The average molecular weight is 707 g/mol. The number of thiophene rings is 1. The van der Waals surface area contributed by atoms with Crippen molar-refractivity contribution in [3.05, 3.63) is 182 Å². The van der Waals surface area contributed by atoms with Crippen molar-refractivity contribution < 1.29 is 0 Å². The predicted molar refractivity (Wildman–Crippen MR) is 226 cm³/mol. The molecule has 3 heterocycles. The van der Waals surface area contributed by atoms with Crippen LogP contribution in [-0.4, -0.2) is 19.5 Å². The van der Waals surface area contributed by atoms with Gasteiger partial charge in [0.2, 0.25) is 0 Å². The predicted octanol–water partition coefficient (Wildman–Crippen LogP) is 13.2. The van der Waals surface area contributed by atoms with E-state index in [1.165, 1.54) is 58.5 Å².